The summed E-state index contributed by atoms with van der Waals surface area (Å²) in [7, 11) is 1.61. The minimum atomic E-state index is 0.242. The molecule has 0 saturated carbocycles. The van der Waals surface area contributed by atoms with Crippen LogP contribution in [0.2, 0.25) is 0 Å². The molecule has 17 heavy (non-hydrogen) atoms. The third kappa shape index (κ3) is 2.79. The SMILES string of the molecule is COc1ccccc1NC1=NC(=S)N=C(N)C1. The molecule has 0 spiro atoms. The van der Waals surface area contributed by atoms with E-state index in [9.17, 15) is 0 Å². The number of hydrogen-bond donors (Lipinski definition) is 2. The van der Waals surface area contributed by atoms with Gasteiger partial charge in [0, 0.05) is 0 Å². The van der Waals surface area contributed by atoms with Crippen LogP contribution in [0.4, 0.5) is 5.69 Å². The normalized spacial score (nSPS) is 15.0. The number of thiocarbonyl (C=S) groups is 1. The van der Waals surface area contributed by atoms with Crippen molar-refractivity contribution >= 4 is 34.7 Å². The van der Waals surface area contributed by atoms with Gasteiger partial charge in [-0.3, -0.25) is 0 Å². The van der Waals surface area contributed by atoms with E-state index in [4.69, 9.17) is 22.7 Å². The van der Waals surface area contributed by atoms with E-state index in [2.05, 4.69) is 15.3 Å². The molecule has 0 saturated heterocycles. The number of para-hydroxylation sites is 2. The maximum atomic E-state index is 5.65. The van der Waals surface area contributed by atoms with E-state index in [1.807, 2.05) is 24.3 Å². The molecule has 3 N–H and O–H groups in total. The second kappa shape index (κ2) is 4.92. The predicted octanol–water partition coefficient (Wildman–Crippen LogP) is 1.55. The van der Waals surface area contributed by atoms with Gasteiger partial charge in [-0.05, 0) is 24.4 Å². The molecule has 6 heteroatoms. The van der Waals surface area contributed by atoms with E-state index in [1.54, 1.807) is 7.11 Å². The molecule has 0 amide bonds. The largest absolute Gasteiger partial charge is 0.495 e. The lowest BCUT2D eigenvalue weighted by atomic mass is 10.2. The van der Waals surface area contributed by atoms with E-state index in [-0.39, 0.29) is 5.11 Å². The fraction of sp³-hybridized carbons (Fsp3) is 0.182. The second-order valence-electron chi connectivity index (χ2n) is 3.45. The molecule has 0 bridgehead atoms. The Hall–Kier alpha value is -1.95. The van der Waals surface area contributed by atoms with E-state index >= 15 is 0 Å². The number of rotatable bonds is 2. The van der Waals surface area contributed by atoms with Crippen LogP contribution in [0.1, 0.15) is 6.42 Å². The Morgan fingerprint density at radius 1 is 1.35 bits per heavy atom. The van der Waals surface area contributed by atoms with Crippen molar-refractivity contribution in [3.05, 3.63) is 24.3 Å². The molecule has 1 aliphatic rings. The minimum absolute atomic E-state index is 0.242. The van der Waals surface area contributed by atoms with E-state index in [0.29, 0.717) is 18.1 Å². The fourth-order valence-corrected chi connectivity index (χ4v) is 1.72. The molecule has 0 radical (unpaired) electrons. The summed E-state index contributed by atoms with van der Waals surface area (Å²) in [6.07, 6.45) is 0.457. The Morgan fingerprint density at radius 2 is 2.12 bits per heavy atom. The highest BCUT2D eigenvalue weighted by atomic mass is 32.1. The van der Waals surface area contributed by atoms with Crippen LogP contribution in [0, 0.1) is 0 Å². The first-order chi connectivity index (χ1) is 8.19. The number of anilines is 1. The van der Waals surface area contributed by atoms with E-state index < -0.39 is 0 Å². The maximum Gasteiger partial charge on any atom is 0.222 e. The summed E-state index contributed by atoms with van der Waals surface area (Å²) >= 11 is 4.91. The average molecular weight is 248 g/mol. The first-order valence-electron chi connectivity index (χ1n) is 5.03. The highest BCUT2D eigenvalue weighted by Crippen LogP contribution is 2.23. The number of nitrogens with two attached hydrogens (primary N) is 1. The number of nitrogens with zero attached hydrogens (tertiary/aromatic N) is 2. The lowest BCUT2D eigenvalue weighted by Crippen LogP contribution is -2.27. The van der Waals surface area contributed by atoms with Crippen LogP contribution in [-0.2, 0) is 0 Å². The Kier molecular flexibility index (Phi) is 3.34. The van der Waals surface area contributed by atoms with Gasteiger partial charge in [-0.15, -0.1) is 0 Å². The summed E-state index contributed by atoms with van der Waals surface area (Å²) in [5.74, 6) is 1.87. The van der Waals surface area contributed by atoms with Crippen LogP contribution in [0.25, 0.3) is 0 Å². The number of hydrogen-bond acceptors (Lipinski definition) is 4. The first kappa shape index (κ1) is 11.5. The van der Waals surface area contributed by atoms with Crippen molar-refractivity contribution in [3.8, 4) is 5.75 Å². The molecule has 0 unspecified atom stereocenters. The summed E-state index contributed by atoms with van der Waals surface area (Å²) in [4.78, 5) is 8.00. The van der Waals surface area contributed by atoms with Crippen molar-refractivity contribution in [1.29, 1.82) is 0 Å². The molecule has 1 aromatic carbocycles. The highest BCUT2D eigenvalue weighted by Gasteiger charge is 2.12. The number of ether oxygens (including phenoxy) is 1. The third-order valence-corrected chi connectivity index (χ3v) is 2.39. The van der Waals surface area contributed by atoms with Crippen molar-refractivity contribution in [3.63, 3.8) is 0 Å². The third-order valence-electron chi connectivity index (χ3n) is 2.20. The van der Waals surface area contributed by atoms with Gasteiger partial charge in [0.15, 0.2) is 0 Å². The lowest BCUT2D eigenvalue weighted by Gasteiger charge is -2.15. The van der Waals surface area contributed by atoms with Crippen LogP contribution in [-0.4, -0.2) is 23.9 Å². The molecule has 1 heterocycles. The smallest absolute Gasteiger partial charge is 0.222 e. The van der Waals surface area contributed by atoms with Crippen LogP contribution < -0.4 is 15.8 Å². The Bertz CT molecular complexity index is 510. The minimum Gasteiger partial charge on any atom is -0.495 e. The number of methoxy groups -OCH3 is 1. The van der Waals surface area contributed by atoms with Gasteiger partial charge in [-0.1, -0.05) is 12.1 Å². The Morgan fingerprint density at radius 3 is 2.82 bits per heavy atom. The molecule has 0 atom stereocenters. The maximum absolute atomic E-state index is 5.65. The van der Waals surface area contributed by atoms with Crippen LogP contribution in [0.15, 0.2) is 34.3 Å². The van der Waals surface area contributed by atoms with Gasteiger partial charge in [-0.2, -0.15) is 0 Å². The molecule has 0 fully saturated rings. The first-order valence-corrected chi connectivity index (χ1v) is 5.44. The predicted molar refractivity (Wildman–Crippen MR) is 72.9 cm³/mol. The summed E-state index contributed by atoms with van der Waals surface area (Å²) in [6.45, 7) is 0. The van der Waals surface area contributed by atoms with Gasteiger partial charge in [-0.25, -0.2) is 9.98 Å². The quantitative estimate of drug-likeness (QED) is 0.779. The molecule has 88 valence electrons. The Labute approximate surface area is 104 Å². The number of nitrogens with one attached hydrogen (secondary N) is 1. The van der Waals surface area contributed by atoms with Crippen molar-refractivity contribution in [2.24, 2.45) is 15.7 Å². The zero-order chi connectivity index (χ0) is 12.3. The molecule has 0 aliphatic carbocycles. The van der Waals surface area contributed by atoms with Crippen molar-refractivity contribution in [2.45, 2.75) is 6.42 Å². The van der Waals surface area contributed by atoms with Gasteiger partial charge in [0.1, 0.15) is 17.4 Å². The van der Waals surface area contributed by atoms with Crippen LogP contribution in [0.5, 0.6) is 5.75 Å². The number of amidine groups is 2. The van der Waals surface area contributed by atoms with E-state index in [0.717, 1.165) is 11.4 Å². The zero-order valence-corrected chi connectivity index (χ0v) is 10.1. The molecule has 0 aromatic heterocycles. The van der Waals surface area contributed by atoms with Crippen molar-refractivity contribution in [1.82, 2.24) is 0 Å². The number of benzene rings is 1. The van der Waals surface area contributed by atoms with Gasteiger partial charge in [0.05, 0.1) is 19.2 Å². The lowest BCUT2D eigenvalue weighted by molar-refractivity contribution is 0.417. The van der Waals surface area contributed by atoms with Gasteiger partial charge in [0.25, 0.3) is 0 Å². The molecule has 1 aliphatic heterocycles. The summed E-state index contributed by atoms with van der Waals surface area (Å²) in [5, 5.41) is 3.38. The Balaban J connectivity index is 2.19. The van der Waals surface area contributed by atoms with Crippen LogP contribution >= 0.6 is 12.2 Å². The number of aliphatic imine (C=N–C) groups is 2. The van der Waals surface area contributed by atoms with Gasteiger partial charge < -0.3 is 15.8 Å². The standard InChI is InChI=1S/C11H12N4OS/c1-16-8-5-3-2-4-7(8)13-10-6-9(12)14-11(17)15-10/h2-5H,6H2,1H3,(H3,12,13,14,15,17). The zero-order valence-electron chi connectivity index (χ0n) is 9.30. The van der Waals surface area contributed by atoms with Gasteiger partial charge in [0.2, 0.25) is 5.11 Å². The second-order valence-corrected chi connectivity index (χ2v) is 3.81. The van der Waals surface area contributed by atoms with Crippen molar-refractivity contribution < 1.29 is 4.74 Å². The van der Waals surface area contributed by atoms with Gasteiger partial charge >= 0.3 is 0 Å². The molecule has 1 aromatic rings. The topological polar surface area (TPSA) is 72.0 Å². The molecule has 5 nitrogen and oxygen atoms in total. The highest BCUT2D eigenvalue weighted by molar-refractivity contribution is 7.80. The van der Waals surface area contributed by atoms with Crippen molar-refractivity contribution in [2.75, 3.05) is 12.4 Å². The van der Waals surface area contributed by atoms with Crippen LogP contribution in [0.3, 0.4) is 0 Å². The summed E-state index contributed by atoms with van der Waals surface area (Å²) < 4.78 is 5.23. The molecular formula is C11H12N4OS. The summed E-state index contributed by atoms with van der Waals surface area (Å²) in [5.41, 5.74) is 6.48. The monoisotopic (exact) mass is 248 g/mol. The molecular weight excluding hydrogens is 236 g/mol. The fourth-order valence-electron chi connectivity index (χ4n) is 1.49. The average Bonchev–Trinajstić information content (AvgIpc) is 2.28. The van der Waals surface area contributed by atoms with E-state index in [1.165, 1.54) is 0 Å². The molecule has 2 rings (SSSR count). The summed E-state index contributed by atoms with van der Waals surface area (Å²) in [6, 6.07) is 7.56.